The van der Waals surface area contributed by atoms with Gasteiger partial charge in [0.05, 0.1) is 23.7 Å². The van der Waals surface area contributed by atoms with E-state index in [1.165, 1.54) is 6.92 Å². The monoisotopic (exact) mass is 312 g/mol. The fraction of sp³-hybridized carbons (Fsp3) is 0.467. The number of halogens is 1. The highest BCUT2D eigenvalue weighted by Gasteiger charge is 2.07. The summed E-state index contributed by atoms with van der Waals surface area (Å²) in [4.78, 5) is 22.7. The summed E-state index contributed by atoms with van der Waals surface area (Å²) < 4.78 is 5.36. The number of ether oxygens (including phenoxy) is 1. The summed E-state index contributed by atoms with van der Waals surface area (Å²) in [7, 11) is 0. The zero-order chi connectivity index (χ0) is 15.8. The molecule has 2 amide bonds. The van der Waals surface area contributed by atoms with E-state index in [1.54, 1.807) is 18.2 Å². The van der Waals surface area contributed by atoms with Gasteiger partial charge < -0.3 is 15.4 Å². The summed E-state index contributed by atoms with van der Waals surface area (Å²) in [6.07, 6.45) is 0.289. The van der Waals surface area contributed by atoms with Gasteiger partial charge in [-0.2, -0.15) is 0 Å². The van der Waals surface area contributed by atoms with E-state index in [0.29, 0.717) is 35.5 Å². The Hall–Kier alpha value is -1.59. The molecule has 0 heterocycles. The van der Waals surface area contributed by atoms with E-state index < -0.39 is 0 Å². The maximum Gasteiger partial charge on any atom is 0.226 e. The number of carbonyl (C=O) groups excluding carboxylic acids is 2. The Morgan fingerprint density at radius 1 is 1.29 bits per heavy atom. The van der Waals surface area contributed by atoms with Crippen molar-refractivity contribution in [2.24, 2.45) is 5.92 Å². The lowest BCUT2D eigenvalue weighted by Crippen LogP contribution is -2.15. The molecule has 6 heteroatoms. The number of amides is 2. The molecule has 0 radical (unpaired) electrons. The minimum Gasteiger partial charge on any atom is -0.381 e. The van der Waals surface area contributed by atoms with Gasteiger partial charge >= 0.3 is 0 Å². The fourth-order valence-corrected chi connectivity index (χ4v) is 1.82. The summed E-state index contributed by atoms with van der Waals surface area (Å²) in [6, 6.07) is 4.93. The zero-order valence-electron chi connectivity index (χ0n) is 12.5. The molecule has 0 aromatic heterocycles. The van der Waals surface area contributed by atoms with Crippen molar-refractivity contribution < 1.29 is 14.3 Å². The van der Waals surface area contributed by atoms with Gasteiger partial charge in [-0.3, -0.25) is 9.59 Å². The normalized spacial score (nSPS) is 10.5. The van der Waals surface area contributed by atoms with Crippen LogP contribution < -0.4 is 10.6 Å². The second-order valence-electron chi connectivity index (χ2n) is 5.14. The number of benzene rings is 1. The molecular weight excluding hydrogens is 292 g/mol. The van der Waals surface area contributed by atoms with Gasteiger partial charge in [0.1, 0.15) is 0 Å². The molecule has 5 nitrogen and oxygen atoms in total. The maximum absolute atomic E-state index is 11.7. The van der Waals surface area contributed by atoms with Crippen LogP contribution in [0.1, 0.15) is 27.2 Å². The standard InChI is InChI=1S/C15H21ClN2O3/c1-10(2)9-21-7-6-15(20)18-12-4-5-14(13(16)8-12)17-11(3)19/h4-5,8,10H,6-7,9H2,1-3H3,(H,17,19)(H,18,20). The van der Waals surface area contributed by atoms with E-state index in [9.17, 15) is 9.59 Å². The zero-order valence-corrected chi connectivity index (χ0v) is 13.3. The van der Waals surface area contributed by atoms with Crippen LogP contribution in [0, 0.1) is 5.92 Å². The molecule has 2 N–H and O–H groups in total. The average Bonchev–Trinajstić information content (AvgIpc) is 2.37. The first-order valence-corrected chi connectivity index (χ1v) is 7.21. The number of rotatable bonds is 7. The van der Waals surface area contributed by atoms with Crippen molar-refractivity contribution in [2.45, 2.75) is 27.2 Å². The summed E-state index contributed by atoms with van der Waals surface area (Å²) in [5.74, 6) is 0.117. The van der Waals surface area contributed by atoms with Crippen LogP contribution in [0.25, 0.3) is 0 Å². The number of anilines is 2. The van der Waals surface area contributed by atoms with Gasteiger partial charge in [-0.05, 0) is 24.1 Å². The molecule has 116 valence electrons. The molecule has 1 aromatic carbocycles. The molecule has 0 spiro atoms. The van der Waals surface area contributed by atoms with Crippen molar-refractivity contribution in [1.29, 1.82) is 0 Å². The van der Waals surface area contributed by atoms with Crippen molar-refractivity contribution in [1.82, 2.24) is 0 Å². The average molecular weight is 313 g/mol. The molecule has 0 aliphatic carbocycles. The molecule has 1 rings (SSSR count). The SMILES string of the molecule is CC(=O)Nc1ccc(NC(=O)CCOCC(C)C)cc1Cl. The van der Waals surface area contributed by atoms with Gasteiger partial charge in [-0.25, -0.2) is 0 Å². The van der Waals surface area contributed by atoms with Crippen LogP contribution in [-0.4, -0.2) is 25.0 Å². The first-order chi connectivity index (χ1) is 9.88. The largest absolute Gasteiger partial charge is 0.381 e. The lowest BCUT2D eigenvalue weighted by molar-refractivity contribution is -0.117. The number of carbonyl (C=O) groups is 2. The third-order valence-corrected chi connectivity index (χ3v) is 2.80. The molecule has 0 atom stereocenters. The topological polar surface area (TPSA) is 67.4 Å². The van der Waals surface area contributed by atoms with Crippen molar-refractivity contribution in [3.63, 3.8) is 0 Å². The fourth-order valence-electron chi connectivity index (χ4n) is 1.59. The second kappa shape index (κ2) is 8.64. The van der Waals surface area contributed by atoms with E-state index in [-0.39, 0.29) is 18.2 Å². The van der Waals surface area contributed by atoms with Crippen molar-refractivity contribution in [3.05, 3.63) is 23.2 Å². The minimum absolute atomic E-state index is 0.137. The van der Waals surface area contributed by atoms with Gasteiger partial charge in [0.25, 0.3) is 0 Å². The highest BCUT2D eigenvalue weighted by Crippen LogP contribution is 2.25. The lowest BCUT2D eigenvalue weighted by Gasteiger charge is -2.10. The third kappa shape index (κ3) is 7.11. The molecule has 0 bridgehead atoms. The number of hydrogen-bond donors (Lipinski definition) is 2. The summed E-state index contributed by atoms with van der Waals surface area (Å²) >= 11 is 6.03. The first-order valence-electron chi connectivity index (χ1n) is 6.83. The van der Waals surface area contributed by atoms with E-state index in [4.69, 9.17) is 16.3 Å². The molecule has 0 aliphatic rings. The van der Waals surface area contributed by atoms with Crippen LogP contribution in [0.4, 0.5) is 11.4 Å². The van der Waals surface area contributed by atoms with E-state index in [1.807, 2.05) is 0 Å². The van der Waals surface area contributed by atoms with Crippen molar-refractivity contribution in [2.75, 3.05) is 23.8 Å². The van der Waals surface area contributed by atoms with Crippen molar-refractivity contribution in [3.8, 4) is 0 Å². The summed E-state index contributed by atoms with van der Waals surface area (Å²) in [5.41, 5.74) is 1.10. The smallest absolute Gasteiger partial charge is 0.226 e. The van der Waals surface area contributed by atoms with Crippen LogP contribution >= 0.6 is 11.6 Å². The Kier molecular flexibility index (Phi) is 7.19. The van der Waals surface area contributed by atoms with E-state index in [0.717, 1.165) is 0 Å². The highest BCUT2D eigenvalue weighted by atomic mass is 35.5. The molecule has 0 saturated carbocycles. The van der Waals surface area contributed by atoms with Gasteiger partial charge in [0.15, 0.2) is 0 Å². The van der Waals surface area contributed by atoms with E-state index in [2.05, 4.69) is 24.5 Å². The molecule has 0 fully saturated rings. The lowest BCUT2D eigenvalue weighted by atomic mass is 10.2. The number of nitrogens with one attached hydrogen (secondary N) is 2. The molecule has 0 unspecified atom stereocenters. The van der Waals surface area contributed by atoms with E-state index >= 15 is 0 Å². The van der Waals surface area contributed by atoms with Crippen LogP contribution in [0.15, 0.2) is 18.2 Å². The van der Waals surface area contributed by atoms with Crippen LogP contribution in [-0.2, 0) is 14.3 Å². The molecule has 21 heavy (non-hydrogen) atoms. The Bertz CT molecular complexity index is 504. The minimum atomic E-state index is -0.198. The van der Waals surface area contributed by atoms with Crippen LogP contribution in [0.3, 0.4) is 0 Å². The second-order valence-corrected chi connectivity index (χ2v) is 5.55. The highest BCUT2D eigenvalue weighted by molar-refractivity contribution is 6.34. The molecular formula is C15H21ClN2O3. The Morgan fingerprint density at radius 2 is 2.00 bits per heavy atom. The molecule has 1 aromatic rings. The van der Waals surface area contributed by atoms with Crippen LogP contribution in [0.2, 0.25) is 5.02 Å². The Morgan fingerprint density at radius 3 is 2.57 bits per heavy atom. The van der Waals surface area contributed by atoms with Crippen molar-refractivity contribution >= 4 is 34.8 Å². The number of hydrogen-bond acceptors (Lipinski definition) is 3. The molecule has 0 saturated heterocycles. The Balaban J connectivity index is 2.45. The van der Waals surface area contributed by atoms with Gasteiger partial charge in [-0.15, -0.1) is 0 Å². The predicted molar refractivity (Wildman–Crippen MR) is 84.7 cm³/mol. The Labute approximate surface area is 130 Å². The summed E-state index contributed by atoms with van der Waals surface area (Å²) in [5, 5.41) is 5.71. The van der Waals surface area contributed by atoms with Gasteiger partial charge in [0.2, 0.25) is 11.8 Å². The third-order valence-electron chi connectivity index (χ3n) is 2.49. The van der Waals surface area contributed by atoms with Gasteiger partial charge in [0, 0.05) is 19.2 Å². The van der Waals surface area contributed by atoms with Gasteiger partial charge in [-0.1, -0.05) is 25.4 Å². The first kappa shape index (κ1) is 17.5. The maximum atomic E-state index is 11.7. The molecule has 0 aliphatic heterocycles. The quantitative estimate of drug-likeness (QED) is 0.759. The predicted octanol–water partition coefficient (Wildman–Crippen LogP) is 3.30. The summed E-state index contributed by atoms with van der Waals surface area (Å²) in [6.45, 7) is 6.55. The van der Waals surface area contributed by atoms with Crippen LogP contribution in [0.5, 0.6) is 0 Å².